The second-order valence-electron chi connectivity index (χ2n) is 8.23. The molecular weight excluding hydrogens is 366 g/mol. The van der Waals surface area contributed by atoms with Crippen molar-refractivity contribution in [2.75, 3.05) is 6.61 Å². The maximum absolute atomic E-state index is 12.7. The molecule has 2 fully saturated rings. The molecule has 0 aliphatic carbocycles. The van der Waals surface area contributed by atoms with E-state index in [0.29, 0.717) is 25.9 Å². The van der Waals surface area contributed by atoms with Gasteiger partial charge in [0.05, 0.1) is 12.2 Å². The first-order valence-corrected chi connectivity index (χ1v) is 10.5. The molecule has 29 heavy (non-hydrogen) atoms. The molecular formula is C24H29NO4. The van der Waals surface area contributed by atoms with E-state index in [2.05, 4.69) is 0 Å². The molecule has 2 heterocycles. The van der Waals surface area contributed by atoms with Crippen LogP contribution < -0.4 is 4.74 Å². The van der Waals surface area contributed by atoms with E-state index in [9.17, 15) is 9.90 Å². The summed E-state index contributed by atoms with van der Waals surface area (Å²) in [5, 5.41) is 11.1. The fraction of sp³-hybridized carbons (Fsp3) is 0.458. The molecule has 1 N–H and O–H groups in total. The minimum Gasteiger partial charge on any atom is -0.494 e. The van der Waals surface area contributed by atoms with Gasteiger partial charge in [-0.15, -0.1) is 0 Å². The van der Waals surface area contributed by atoms with E-state index >= 15 is 0 Å². The Morgan fingerprint density at radius 2 is 1.62 bits per heavy atom. The molecule has 2 bridgehead atoms. The van der Waals surface area contributed by atoms with Crippen LogP contribution in [0.3, 0.4) is 0 Å². The van der Waals surface area contributed by atoms with Gasteiger partial charge < -0.3 is 19.5 Å². The highest BCUT2D eigenvalue weighted by Gasteiger charge is 2.49. The summed E-state index contributed by atoms with van der Waals surface area (Å²) >= 11 is 0. The molecule has 1 amide bonds. The van der Waals surface area contributed by atoms with Crippen LogP contribution in [0.1, 0.15) is 44.1 Å². The summed E-state index contributed by atoms with van der Waals surface area (Å²) in [5.41, 5.74) is 0.266. The quantitative estimate of drug-likeness (QED) is 0.699. The lowest BCUT2D eigenvalue weighted by atomic mass is 9.83. The van der Waals surface area contributed by atoms with Crippen molar-refractivity contribution in [2.45, 2.75) is 62.8 Å². The number of piperidine rings is 1. The molecule has 2 aliphatic heterocycles. The number of carbonyl (C=O) groups excluding carboxylic acids is 1. The molecule has 2 unspecified atom stereocenters. The molecule has 2 atom stereocenters. The van der Waals surface area contributed by atoms with Gasteiger partial charge in [-0.3, -0.25) is 0 Å². The average Bonchev–Trinajstić information content (AvgIpc) is 3.03. The number of carbonyl (C=O) groups is 1. The predicted octanol–water partition coefficient (Wildman–Crippen LogP) is 4.54. The van der Waals surface area contributed by atoms with Gasteiger partial charge in [-0.2, -0.15) is 0 Å². The summed E-state index contributed by atoms with van der Waals surface area (Å²) in [7, 11) is 0. The van der Waals surface area contributed by atoms with E-state index < -0.39 is 5.60 Å². The monoisotopic (exact) mass is 395 g/mol. The number of rotatable bonds is 7. The van der Waals surface area contributed by atoms with Crippen LogP contribution in [0.15, 0.2) is 60.7 Å². The van der Waals surface area contributed by atoms with Crippen LogP contribution in [0.4, 0.5) is 4.79 Å². The van der Waals surface area contributed by atoms with Gasteiger partial charge in [-0.05, 0) is 56.2 Å². The standard InChI is InChI=1S/C24H29NO4/c26-23(29-18-19-8-3-1-4-9-19)25-20-12-13-21(25)17-24(27,16-20)14-7-15-28-22-10-5-2-6-11-22/h1-6,8-11,20-21,27H,7,12-18H2. The Morgan fingerprint density at radius 1 is 1.00 bits per heavy atom. The molecule has 2 saturated heterocycles. The first kappa shape index (κ1) is 19.8. The topological polar surface area (TPSA) is 59.0 Å². The summed E-state index contributed by atoms with van der Waals surface area (Å²) in [6, 6.07) is 19.6. The number of para-hydroxylation sites is 1. The molecule has 2 aromatic rings. The van der Waals surface area contributed by atoms with Gasteiger partial charge >= 0.3 is 6.09 Å². The van der Waals surface area contributed by atoms with E-state index in [1.54, 1.807) is 0 Å². The Kier molecular flexibility index (Phi) is 6.05. The minimum atomic E-state index is -0.720. The Hall–Kier alpha value is -2.53. The van der Waals surface area contributed by atoms with Gasteiger partial charge in [0.2, 0.25) is 0 Å². The van der Waals surface area contributed by atoms with Crippen LogP contribution in [0.2, 0.25) is 0 Å². The van der Waals surface area contributed by atoms with Crippen molar-refractivity contribution in [3.05, 3.63) is 66.2 Å². The van der Waals surface area contributed by atoms with E-state index in [1.807, 2.05) is 65.6 Å². The Bertz CT molecular complexity index is 781. The zero-order chi connectivity index (χ0) is 20.1. The van der Waals surface area contributed by atoms with Crippen molar-refractivity contribution < 1.29 is 19.4 Å². The van der Waals surface area contributed by atoms with Crippen molar-refractivity contribution >= 4 is 6.09 Å². The molecule has 4 rings (SSSR count). The second kappa shape index (κ2) is 8.87. The number of aliphatic hydroxyl groups is 1. The number of ether oxygens (including phenoxy) is 2. The molecule has 2 aliphatic rings. The van der Waals surface area contributed by atoms with Gasteiger partial charge in [0.25, 0.3) is 0 Å². The first-order valence-electron chi connectivity index (χ1n) is 10.5. The van der Waals surface area contributed by atoms with Crippen molar-refractivity contribution in [3.8, 4) is 5.75 Å². The largest absolute Gasteiger partial charge is 0.494 e. The number of hydrogen-bond donors (Lipinski definition) is 1. The van der Waals surface area contributed by atoms with Crippen LogP contribution >= 0.6 is 0 Å². The average molecular weight is 395 g/mol. The smallest absolute Gasteiger partial charge is 0.410 e. The third-order valence-corrected chi connectivity index (χ3v) is 6.07. The molecule has 5 heteroatoms. The SMILES string of the molecule is O=C(OCc1ccccc1)N1C2CCC1CC(O)(CCCOc1ccccc1)C2. The maximum atomic E-state index is 12.7. The van der Waals surface area contributed by atoms with Crippen molar-refractivity contribution in [1.29, 1.82) is 0 Å². The Balaban J connectivity index is 1.26. The number of nitrogens with zero attached hydrogens (tertiary/aromatic N) is 1. The second-order valence-corrected chi connectivity index (χ2v) is 8.23. The number of hydrogen-bond acceptors (Lipinski definition) is 4. The maximum Gasteiger partial charge on any atom is 0.410 e. The highest BCUT2D eigenvalue weighted by Crippen LogP contribution is 2.43. The van der Waals surface area contributed by atoms with E-state index in [4.69, 9.17) is 9.47 Å². The molecule has 0 saturated carbocycles. The summed E-state index contributed by atoms with van der Waals surface area (Å²) in [6.45, 7) is 0.876. The van der Waals surface area contributed by atoms with Gasteiger partial charge in [0.1, 0.15) is 12.4 Å². The minimum absolute atomic E-state index is 0.0667. The lowest BCUT2D eigenvalue weighted by Crippen LogP contribution is -2.53. The molecule has 5 nitrogen and oxygen atoms in total. The van der Waals surface area contributed by atoms with E-state index in [0.717, 1.165) is 30.6 Å². The van der Waals surface area contributed by atoms with Crippen LogP contribution in [-0.2, 0) is 11.3 Å². The zero-order valence-corrected chi connectivity index (χ0v) is 16.7. The zero-order valence-electron chi connectivity index (χ0n) is 16.7. The fourth-order valence-electron chi connectivity index (χ4n) is 4.73. The molecule has 0 spiro atoms. The summed E-state index contributed by atoms with van der Waals surface area (Å²) in [5.74, 6) is 0.857. The van der Waals surface area contributed by atoms with Crippen LogP contribution in [-0.4, -0.2) is 40.4 Å². The van der Waals surface area contributed by atoms with Gasteiger partial charge in [0.15, 0.2) is 0 Å². The summed E-state index contributed by atoms with van der Waals surface area (Å²) in [6.07, 6.45) is 4.35. The van der Waals surface area contributed by atoms with Crippen molar-refractivity contribution in [1.82, 2.24) is 4.90 Å². The highest BCUT2D eigenvalue weighted by molar-refractivity contribution is 5.69. The third-order valence-electron chi connectivity index (χ3n) is 6.07. The van der Waals surface area contributed by atoms with Gasteiger partial charge in [-0.1, -0.05) is 48.5 Å². The normalized spacial score (nSPS) is 25.6. The number of amides is 1. The molecule has 2 aromatic carbocycles. The third kappa shape index (κ3) is 4.91. The lowest BCUT2D eigenvalue weighted by molar-refractivity contribution is -0.0565. The van der Waals surface area contributed by atoms with Gasteiger partial charge in [-0.25, -0.2) is 4.79 Å². The number of fused-ring (bicyclic) bond motifs is 2. The number of benzene rings is 2. The molecule has 154 valence electrons. The molecule has 0 radical (unpaired) electrons. The van der Waals surface area contributed by atoms with Crippen molar-refractivity contribution in [3.63, 3.8) is 0 Å². The molecule has 0 aromatic heterocycles. The first-order chi connectivity index (χ1) is 14.1. The van der Waals surface area contributed by atoms with E-state index in [-0.39, 0.29) is 24.8 Å². The Morgan fingerprint density at radius 3 is 2.28 bits per heavy atom. The van der Waals surface area contributed by atoms with Gasteiger partial charge in [0, 0.05) is 12.1 Å². The van der Waals surface area contributed by atoms with Crippen LogP contribution in [0.5, 0.6) is 5.75 Å². The van der Waals surface area contributed by atoms with Crippen LogP contribution in [0, 0.1) is 0 Å². The highest BCUT2D eigenvalue weighted by atomic mass is 16.6. The fourth-order valence-corrected chi connectivity index (χ4v) is 4.73. The van der Waals surface area contributed by atoms with E-state index in [1.165, 1.54) is 0 Å². The summed E-state index contributed by atoms with van der Waals surface area (Å²) in [4.78, 5) is 14.5. The van der Waals surface area contributed by atoms with Crippen LogP contribution in [0.25, 0.3) is 0 Å². The lowest BCUT2D eigenvalue weighted by Gasteiger charge is -2.43. The predicted molar refractivity (Wildman–Crippen MR) is 111 cm³/mol. The summed E-state index contributed by atoms with van der Waals surface area (Å²) < 4.78 is 11.3. The van der Waals surface area contributed by atoms with Crippen molar-refractivity contribution in [2.24, 2.45) is 0 Å². The Labute approximate surface area is 172 Å².